The third-order valence-corrected chi connectivity index (χ3v) is 5.52. The number of nitrogens with one attached hydrogen (secondary N) is 2. The van der Waals surface area contributed by atoms with Crippen LogP contribution in [0.3, 0.4) is 0 Å². The third kappa shape index (κ3) is 10.3. The number of terminal acetylenes is 1. The summed E-state index contributed by atoms with van der Waals surface area (Å²) in [5, 5.41) is 5.71. The topological polar surface area (TPSA) is 87.7 Å². The molecule has 3 amide bonds. The highest BCUT2D eigenvalue weighted by molar-refractivity contribution is 5.92. The monoisotopic (exact) mass is 499 g/mol. The molecule has 0 radical (unpaired) electrons. The second-order valence-corrected chi connectivity index (χ2v) is 10.8. The Bertz CT molecular complexity index is 895. The number of hydrogen-bond acceptors (Lipinski definition) is 4. The van der Waals surface area contributed by atoms with Crippen LogP contribution in [0.25, 0.3) is 0 Å². The van der Waals surface area contributed by atoms with Gasteiger partial charge in [-0.25, -0.2) is 4.79 Å². The van der Waals surface area contributed by atoms with Gasteiger partial charge in [0.1, 0.15) is 17.7 Å². The molecular formula is C29H45N3O4. The van der Waals surface area contributed by atoms with E-state index in [9.17, 15) is 14.4 Å². The summed E-state index contributed by atoms with van der Waals surface area (Å²) in [4.78, 5) is 41.7. The van der Waals surface area contributed by atoms with Crippen molar-refractivity contribution in [1.82, 2.24) is 15.5 Å². The van der Waals surface area contributed by atoms with Crippen LogP contribution in [0.1, 0.15) is 98.2 Å². The zero-order chi connectivity index (χ0) is 27.5. The first-order chi connectivity index (χ1) is 16.8. The summed E-state index contributed by atoms with van der Waals surface area (Å²) in [5.74, 6) is 1.77. The highest BCUT2D eigenvalue weighted by Gasteiger charge is 2.37. The smallest absolute Gasteiger partial charge is 0.408 e. The van der Waals surface area contributed by atoms with Crippen LogP contribution in [0.2, 0.25) is 0 Å². The number of benzene rings is 1. The fraction of sp³-hybridized carbons (Fsp3) is 0.621. The van der Waals surface area contributed by atoms with Crippen LogP contribution < -0.4 is 10.6 Å². The van der Waals surface area contributed by atoms with E-state index < -0.39 is 23.8 Å². The van der Waals surface area contributed by atoms with E-state index in [0.29, 0.717) is 17.7 Å². The first-order valence-electron chi connectivity index (χ1n) is 13.0. The van der Waals surface area contributed by atoms with Gasteiger partial charge in [-0.15, -0.1) is 6.42 Å². The summed E-state index contributed by atoms with van der Waals surface area (Å²) >= 11 is 0. The Morgan fingerprint density at radius 3 is 2.08 bits per heavy atom. The molecule has 0 aromatic heterocycles. The predicted molar refractivity (Wildman–Crippen MR) is 144 cm³/mol. The molecule has 0 fully saturated rings. The second kappa shape index (κ2) is 14.5. The van der Waals surface area contributed by atoms with E-state index >= 15 is 0 Å². The number of ether oxygens (including phenoxy) is 1. The van der Waals surface area contributed by atoms with Crippen molar-refractivity contribution in [3.05, 3.63) is 35.4 Å². The predicted octanol–water partition coefficient (Wildman–Crippen LogP) is 5.19. The van der Waals surface area contributed by atoms with Gasteiger partial charge in [-0.05, 0) is 64.7 Å². The molecule has 1 aromatic carbocycles. The minimum atomic E-state index is -0.866. The van der Waals surface area contributed by atoms with Crippen molar-refractivity contribution in [3.63, 3.8) is 0 Å². The van der Waals surface area contributed by atoms with Crippen molar-refractivity contribution < 1.29 is 19.1 Å². The Balaban J connectivity index is 3.46. The van der Waals surface area contributed by atoms with E-state index in [1.165, 1.54) is 0 Å². The standard InChI is InChI=1S/C29H45N3O4/c1-10-12-13-14-19-32(27(34)24(20(3)4)31-28(35)36-29(7,8)9)25(26(33)30-21(5)6)23-17-15-22(11-2)16-18-23/h2,15-18,20-21,24-25H,10,12-14,19H2,1,3-9H3,(H,30,33)(H,31,35). The van der Waals surface area contributed by atoms with Crippen LogP contribution in [0.4, 0.5) is 4.79 Å². The quantitative estimate of drug-likeness (QED) is 0.306. The molecule has 7 heteroatoms. The number of carbonyl (C=O) groups is 3. The Morgan fingerprint density at radius 1 is 1.00 bits per heavy atom. The van der Waals surface area contributed by atoms with Crippen molar-refractivity contribution in [2.75, 3.05) is 6.54 Å². The molecule has 1 aromatic rings. The molecule has 0 saturated carbocycles. The average molecular weight is 500 g/mol. The number of nitrogens with zero attached hydrogens (tertiary/aromatic N) is 1. The molecule has 2 N–H and O–H groups in total. The maximum atomic E-state index is 14.0. The fourth-order valence-corrected chi connectivity index (χ4v) is 3.80. The molecular weight excluding hydrogens is 454 g/mol. The maximum absolute atomic E-state index is 14.0. The highest BCUT2D eigenvalue weighted by Crippen LogP contribution is 2.25. The van der Waals surface area contributed by atoms with Crippen LogP contribution in [-0.4, -0.2) is 47.0 Å². The molecule has 0 spiro atoms. The van der Waals surface area contributed by atoms with E-state index in [1.807, 2.05) is 27.7 Å². The van der Waals surface area contributed by atoms with Gasteiger partial charge >= 0.3 is 6.09 Å². The molecule has 0 aliphatic rings. The summed E-state index contributed by atoms with van der Waals surface area (Å²) in [6.45, 7) is 15.3. The maximum Gasteiger partial charge on any atom is 0.408 e. The Hall–Kier alpha value is -3.01. The van der Waals surface area contributed by atoms with Crippen LogP contribution in [0.15, 0.2) is 24.3 Å². The van der Waals surface area contributed by atoms with Gasteiger partial charge in [-0.1, -0.05) is 58.1 Å². The van der Waals surface area contributed by atoms with Gasteiger partial charge < -0.3 is 20.3 Å². The minimum absolute atomic E-state index is 0.109. The number of rotatable bonds is 12. The lowest BCUT2D eigenvalue weighted by molar-refractivity contribution is -0.143. The van der Waals surface area contributed by atoms with E-state index in [1.54, 1.807) is 49.9 Å². The van der Waals surface area contributed by atoms with Crippen molar-refractivity contribution in [2.24, 2.45) is 5.92 Å². The van der Waals surface area contributed by atoms with Crippen LogP contribution in [0.5, 0.6) is 0 Å². The molecule has 2 unspecified atom stereocenters. The van der Waals surface area contributed by atoms with Crippen molar-refractivity contribution in [3.8, 4) is 12.3 Å². The molecule has 0 aliphatic carbocycles. The largest absolute Gasteiger partial charge is 0.444 e. The fourth-order valence-electron chi connectivity index (χ4n) is 3.80. The first kappa shape index (κ1) is 31.0. The van der Waals surface area contributed by atoms with E-state index in [2.05, 4.69) is 23.5 Å². The van der Waals surface area contributed by atoms with Gasteiger partial charge in [0.25, 0.3) is 0 Å². The van der Waals surface area contributed by atoms with E-state index in [4.69, 9.17) is 11.2 Å². The highest BCUT2D eigenvalue weighted by atomic mass is 16.6. The Morgan fingerprint density at radius 2 is 1.61 bits per heavy atom. The summed E-state index contributed by atoms with van der Waals surface area (Å²) in [7, 11) is 0. The van der Waals surface area contributed by atoms with Crippen LogP contribution in [0, 0.1) is 18.3 Å². The third-order valence-electron chi connectivity index (χ3n) is 5.52. The number of alkyl carbamates (subject to hydrolysis) is 1. The number of amides is 3. The SMILES string of the molecule is C#Cc1ccc(C(C(=O)NC(C)C)N(CCCCCC)C(=O)C(NC(=O)OC(C)(C)C)C(C)C)cc1. The Kier molecular flexibility index (Phi) is 12.5. The molecule has 7 nitrogen and oxygen atoms in total. The zero-order valence-electron chi connectivity index (χ0n) is 23.3. The first-order valence-corrected chi connectivity index (χ1v) is 13.0. The summed E-state index contributed by atoms with van der Waals surface area (Å²) < 4.78 is 5.41. The van der Waals surface area contributed by atoms with Crippen LogP contribution >= 0.6 is 0 Å². The van der Waals surface area contributed by atoms with Gasteiger partial charge in [-0.2, -0.15) is 0 Å². The number of hydrogen-bond donors (Lipinski definition) is 2. The molecule has 0 heterocycles. The van der Waals surface area contributed by atoms with Gasteiger partial charge in [0.05, 0.1) is 0 Å². The van der Waals surface area contributed by atoms with Crippen molar-refractivity contribution >= 4 is 17.9 Å². The van der Waals surface area contributed by atoms with Gasteiger partial charge in [-0.3, -0.25) is 9.59 Å². The lowest BCUT2D eigenvalue weighted by Crippen LogP contribution is -2.55. The van der Waals surface area contributed by atoms with Gasteiger partial charge in [0.15, 0.2) is 0 Å². The van der Waals surface area contributed by atoms with Crippen molar-refractivity contribution in [1.29, 1.82) is 0 Å². The molecule has 2 atom stereocenters. The lowest BCUT2D eigenvalue weighted by atomic mass is 9.97. The molecule has 0 aliphatic heterocycles. The van der Waals surface area contributed by atoms with E-state index in [0.717, 1.165) is 25.7 Å². The molecule has 36 heavy (non-hydrogen) atoms. The minimum Gasteiger partial charge on any atom is -0.444 e. The molecule has 0 saturated heterocycles. The lowest BCUT2D eigenvalue weighted by Gasteiger charge is -2.36. The molecule has 0 bridgehead atoms. The molecule has 1 rings (SSSR count). The normalized spacial score (nSPS) is 13.0. The van der Waals surface area contributed by atoms with Crippen molar-refractivity contribution in [2.45, 2.75) is 105 Å². The Labute approximate surface area is 217 Å². The average Bonchev–Trinajstić information content (AvgIpc) is 2.77. The van der Waals surface area contributed by atoms with E-state index in [-0.39, 0.29) is 23.8 Å². The summed E-state index contributed by atoms with van der Waals surface area (Å²) in [5.41, 5.74) is 0.650. The zero-order valence-corrected chi connectivity index (χ0v) is 23.3. The van der Waals surface area contributed by atoms with Crippen LogP contribution in [-0.2, 0) is 14.3 Å². The summed E-state index contributed by atoms with van der Waals surface area (Å²) in [6.07, 6.45) is 8.61. The number of carbonyl (C=O) groups excluding carboxylic acids is 3. The van der Waals surface area contributed by atoms with Gasteiger partial charge in [0.2, 0.25) is 11.8 Å². The molecule has 200 valence electrons. The number of unbranched alkanes of at least 4 members (excludes halogenated alkanes) is 3. The summed E-state index contributed by atoms with van der Waals surface area (Å²) in [6, 6.07) is 5.28. The second-order valence-electron chi connectivity index (χ2n) is 10.8. The van der Waals surface area contributed by atoms with Gasteiger partial charge in [0, 0.05) is 18.2 Å².